The molecule has 0 bridgehead atoms. The van der Waals surface area contributed by atoms with Crippen molar-refractivity contribution in [1.82, 2.24) is 9.78 Å². The maximum absolute atomic E-state index is 13.9. The molecular weight excluding hydrogens is 370 g/mol. The number of non-ortho nitro benzene ring substituents is 1. The predicted octanol–water partition coefficient (Wildman–Crippen LogP) is 3.86. The van der Waals surface area contributed by atoms with E-state index in [2.05, 4.69) is 10.4 Å². The van der Waals surface area contributed by atoms with Crippen molar-refractivity contribution in [1.29, 1.82) is 0 Å². The molecule has 0 aliphatic rings. The minimum atomic E-state index is -0.769. The van der Waals surface area contributed by atoms with Crippen molar-refractivity contribution < 1.29 is 18.5 Å². The van der Waals surface area contributed by atoms with Crippen molar-refractivity contribution in [2.75, 3.05) is 5.32 Å². The maximum Gasteiger partial charge on any atom is 0.271 e. The van der Waals surface area contributed by atoms with Gasteiger partial charge in [-0.3, -0.25) is 14.9 Å². The lowest BCUT2D eigenvalue weighted by molar-refractivity contribution is -0.384. The lowest BCUT2D eigenvalue weighted by atomic mass is 10.1. The van der Waals surface area contributed by atoms with E-state index >= 15 is 0 Å². The Morgan fingerprint density at radius 3 is 2.50 bits per heavy atom. The SMILES string of the molecule is Cc1nn(-c2ccc(F)cc2)c(C)c1CC(=O)Nc1cc([N+](=O)[O-])ccc1F. The van der Waals surface area contributed by atoms with E-state index in [0.29, 0.717) is 22.6 Å². The standard InChI is InChI=1S/C19H16F2N4O3/c1-11-16(12(2)24(23-11)14-5-3-13(20)4-6-14)10-19(26)22-18-9-15(25(27)28)7-8-17(18)21/h3-9H,10H2,1-2H3,(H,22,26). The third kappa shape index (κ3) is 3.88. The Balaban J connectivity index is 1.82. The van der Waals surface area contributed by atoms with Gasteiger partial charge in [0.25, 0.3) is 5.69 Å². The lowest BCUT2D eigenvalue weighted by Crippen LogP contribution is -2.16. The van der Waals surface area contributed by atoms with Gasteiger partial charge in [-0.25, -0.2) is 13.5 Å². The van der Waals surface area contributed by atoms with E-state index in [1.807, 2.05) is 0 Å². The zero-order valence-corrected chi connectivity index (χ0v) is 15.1. The molecule has 7 nitrogen and oxygen atoms in total. The van der Waals surface area contributed by atoms with Crippen LogP contribution < -0.4 is 5.32 Å². The first-order valence-electron chi connectivity index (χ1n) is 8.31. The van der Waals surface area contributed by atoms with Crippen LogP contribution in [0, 0.1) is 35.6 Å². The number of aryl methyl sites for hydroxylation is 1. The number of carbonyl (C=O) groups is 1. The van der Waals surface area contributed by atoms with Gasteiger partial charge in [0.2, 0.25) is 5.91 Å². The van der Waals surface area contributed by atoms with Crippen LogP contribution in [0.15, 0.2) is 42.5 Å². The molecule has 1 aromatic heterocycles. The van der Waals surface area contributed by atoms with Crippen LogP contribution >= 0.6 is 0 Å². The lowest BCUT2D eigenvalue weighted by Gasteiger charge is -2.08. The first-order chi connectivity index (χ1) is 13.3. The number of anilines is 1. The number of aromatic nitrogens is 2. The molecule has 3 rings (SSSR count). The Labute approximate surface area is 158 Å². The van der Waals surface area contributed by atoms with E-state index in [4.69, 9.17) is 0 Å². The number of nitro benzene ring substituents is 1. The van der Waals surface area contributed by atoms with Gasteiger partial charge >= 0.3 is 0 Å². The molecule has 9 heteroatoms. The summed E-state index contributed by atoms with van der Waals surface area (Å²) >= 11 is 0. The quantitative estimate of drug-likeness (QED) is 0.533. The predicted molar refractivity (Wildman–Crippen MR) is 98.4 cm³/mol. The van der Waals surface area contributed by atoms with Crippen LogP contribution in [-0.4, -0.2) is 20.6 Å². The van der Waals surface area contributed by atoms with Crippen LogP contribution in [0.1, 0.15) is 17.0 Å². The molecule has 0 aliphatic heterocycles. The number of carbonyl (C=O) groups excluding carboxylic acids is 1. The molecule has 144 valence electrons. The largest absolute Gasteiger partial charge is 0.323 e. The molecule has 1 heterocycles. The van der Waals surface area contributed by atoms with Gasteiger partial charge < -0.3 is 5.32 Å². The van der Waals surface area contributed by atoms with Gasteiger partial charge in [-0.2, -0.15) is 5.10 Å². The fourth-order valence-corrected chi connectivity index (χ4v) is 2.84. The van der Waals surface area contributed by atoms with Crippen LogP contribution in [0.5, 0.6) is 0 Å². The van der Waals surface area contributed by atoms with E-state index in [-0.39, 0.29) is 23.6 Å². The number of nitrogens with zero attached hydrogens (tertiary/aromatic N) is 3. The van der Waals surface area contributed by atoms with Crippen LogP contribution in [0.4, 0.5) is 20.2 Å². The van der Waals surface area contributed by atoms with E-state index < -0.39 is 16.6 Å². The molecule has 0 radical (unpaired) electrons. The second-order valence-corrected chi connectivity index (χ2v) is 6.18. The van der Waals surface area contributed by atoms with Crippen LogP contribution in [-0.2, 0) is 11.2 Å². The van der Waals surface area contributed by atoms with Crippen LogP contribution in [0.3, 0.4) is 0 Å². The van der Waals surface area contributed by atoms with Crippen LogP contribution in [0.2, 0.25) is 0 Å². The number of hydrogen-bond donors (Lipinski definition) is 1. The molecule has 0 saturated heterocycles. The molecule has 28 heavy (non-hydrogen) atoms. The smallest absolute Gasteiger partial charge is 0.271 e. The van der Waals surface area contributed by atoms with Crippen LogP contribution in [0.25, 0.3) is 5.69 Å². The number of halogens is 2. The molecule has 0 unspecified atom stereocenters. The highest BCUT2D eigenvalue weighted by molar-refractivity contribution is 5.93. The number of amides is 1. The molecule has 0 atom stereocenters. The van der Waals surface area contributed by atoms with Crippen molar-refractivity contribution >= 4 is 17.3 Å². The second-order valence-electron chi connectivity index (χ2n) is 6.18. The zero-order chi connectivity index (χ0) is 20.4. The molecule has 0 fully saturated rings. The minimum absolute atomic E-state index is 0.0962. The molecule has 3 aromatic rings. The Hall–Kier alpha value is -3.62. The van der Waals surface area contributed by atoms with E-state index in [1.165, 1.54) is 12.1 Å². The van der Waals surface area contributed by atoms with Gasteiger partial charge in [0.05, 0.1) is 28.4 Å². The van der Waals surface area contributed by atoms with E-state index in [9.17, 15) is 23.7 Å². The van der Waals surface area contributed by atoms with E-state index in [1.54, 1.807) is 30.7 Å². The summed E-state index contributed by atoms with van der Waals surface area (Å²) < 4.78 is 28.6. The third-order valence-electron chi connectivity index (χ3n) is 4.28. The zero-order valence-electron chi connectivity index (χ0n) is 15.1. The van der Waals surface area contributed by atoms with Crippen molar-refractivity contribution in [3.05, 3.63) is 81.2 Å². The van der Waals surface area contributed by atoms with Gasteiger partial charge in [-0.1, -0.05) is 0 Å². The summed E-state index contributed by atoms with van der Waals surface area (Å²) in [5, 5.41) is 17.6. The third-order valence-corrected chi connectivity index (χ3v) is 4.28. The van der Waals surface area contributed by atoms with Crippen molar-refractivity contribution in [3.8, 4) is 5.69 Å². The summed E-state index contributed by atoms with van der Waals surface area (Å²) in [5.41, 5.74) is 1.95. The first-order valence-corrected chi connectivity index (χ1v) is 8.31. The molecule has 1 N–H and O–H groups in total. The van der Waals surface area contributed by atoms with Gasteiger partial charge in [-0.15, -0.1) is 0 Å². The molecular formula is C19H16F2N4O3. The number of benzene rings is 2. The summed E-state index contributed by atoms with van der Waals surface area (Å²) in [6.07, 6.45) is -0.0962. The monoisotopic (exact) mass is 386 g/mol. The molecule has 0 aliphatic carbocycles. The molecule has 0 saturated carbocycles. The highest BCUT2D eigenvalue weighted by atomic mass is 19.1. The van der Waals surface area contributed by atoms with Gasteiger partial charge in [0.15, 0.2) is 0 Å². The van der Waals surface area contributed by atoms with Crippen molar-refractivity contribution in [2.24, 2.45) is 0 Å². The fraction of sp³-hybridized carbons (Fsp3) is 0.158. The highest BCUT2D eigenvalue weighted by Crippen LogP contribution is 2.23. The normalized spacial score (nSPS) is 10.7. The molecule has 2 aromatic carbocycles. The number of nitro groups is 1. The number of nitrogens with one attached hydrogen (secondary N) is 1. The van der Waals surface area contributed by atoms with Crippen molar-refractivity contribution in [3.63, 3.8) is 0 Å². The Morgan fingerprint density at radius 1 is 1.18 bits per heavy atom. The summed E-state index contributed by atoms with van der Waals surface area (Å²) in [5.74, 6) is -1.68. The summed E-state index contributed by atoms with van der Waals surface area (Å²) in [4.78, 5) is 22.5. The fourth-order valence-electron chi connectivity index (χ4n) is 2.84. The summed E-state index contributed by atoms with van der Waals surface area (Å²) in [7, 11) is 0. The highest BCUT2D eigenvalue weighted by Gasteiger charge is 2.18. The topological polar surface area (TPSA) is 90.1 Å². The second kappa shape index (κ2) is 7.55. The average Bonchev–Trinajstić information content (AvgIpc) is 2.92. The molecule has 0 spiro atoms. The number of rotatable bonds is 5. The maximum atomic E-state index is 13.9. The Kier molecular flexibility index (Phi) is 5.16. The summed E-state index contributed by atoms with van der Waals surface area (Å²) in [6, 6.07) is 8.67. The van der Waals surface area contributed by atoms with Gasteiger partial charge in [0.1, 0.15) is 11.6 Å². The summed E-state index contributed by atoms with van der Waals surface area (Å²) in [6.45, 7) is 3.49. The molecule has 1 amide bonds. The van der Waals surface area contributed by atoms with Gasteiger partial charge in [-0.05, 0) is 44.2 Å². The van der Waals surface area contributed by atoms with Crippen molar-refractivity contribution in [2.45, 2.75) is 20.3 Å². The number of hydrogen-bond acceptors (Lipinski definition) is 4. The Bertz CT molecular complexity index is 1060. The minimum Gasteiger partial charge on any atom is -0.323 e. The van der Waals surface area contributed by atoms with E-state index in [0.717, 1.165) is 18.2 Å². The van der Waals surface area contributed by atoms with Gasteiger partial charge in [0, 0.05) is 23.4 Å². The Morgan fingerprint density at radius 2 is 1.86 bits per heavy atom. The average molecular weight is 386 g/mol. The first kappa shape index (κ1) is 19.2.